The zero-order valence-electron chi connectivity index (χ0n) is 12.5. The average Bonchev–Trinajstić information content (AvgIpc) is 3.11. The zero-order valence-corrected chi connectivity index (χ0v) is 12.5. The fourth-order valence-corrected chi connectivity index (χ4v) is 5.69. The van der Waals surface area contributed by atoms with Crippen molar-refractivity contribution < 1.29 is 5.11 Å². The molecular formula is C19H26O. The lowest BCUT2D eigenvalue weighted by Crippen LogP contribution is -2.38. The number of rotatable bonds is 3. The highest BCUT2D eigenvalue weighted by Gasteiger charge is 2.60. The topological polar surface area (TPSA) is 20.2 Å². The number of hydrogen-bond donors (Lipinski definition) is 1. The Balaban J connectivity index is 1.61. The molecule has 0 radical (unpaired) electrons. The van der Waals surface area contributed by atoms with Gasteiger partial charge >= 0.3 is 0 Å². The molecule has 5 atom stereocenters. The van der Waals surface area contributed by atoms with Gasteiger partial charge in [-0.05, 0) is 66.9 Å². The molecule has 2 bridgehead atoms. The summed E-state index contributed by atoms with van der Waals surface area (Å²) in [5.74, 6) is 3.10. The van der Waals surface area contributed by atoms with E-state index in [1.165, 1.54) is 43.2 Å². The van der Waals surface area contributed by atoms with Gasteiger partial charge in [0.2, 0.25) is 0 Å². The monoisotopic (exact) mass is 270 g/mol. The van der Waals surface area contributed by atoms with Crippen molar-refractivity contribution in [2.45, 2.75) is 57.5 Å². The summed E-state index contributed by atoms with van der Waals surface area (Å²) < 4.78 is 0. The third-order valence-electron chi connectivity index (χ3n) is 6.48. The van der Waals surface area contributed by atoms with Crippen LogP contribution in [0.5, 0.6) is 0 Å². The van der Waals surface area contributed by atoms with Crippen LogP contribution in [0.25, 0.3) is 0 Å². The van der Waals surface area contributed by atoms with Crippen molar-refractivity contribution in [1.29, 1.82) is 0 Å². The fraction of sp³-hybridized carbons (Fsp3) is 0.684. The van der Waals surface area contributed by atoms with Crippen LogP contribution in [-0.2, 0) is 12.0 Å². The summed E-state index contributed by atoms with van der Waals surface area (Å²) in [5.41, 5.74) is 2.08. The minimum absolute atomic E-state index is 0.513. The maximum Gasteiger partial charge on any atom is 0.0930 e. The van der Waals surface area contributed by atoms with E-state index in [-0.39, 0.29) is 0 Å². The van der Waals surface area contributed by atoms with Crippen molar-refractivity contribution in [3.63, 3.8) is 0 Å². The molecule has 0 saturated heterocycles. The van der Waals surface area contributed by atoms with E-state index in [4.69, 9.17) is 0 Å². The molecule has 1 aromatic carbocycles. The molecule has 3 aliphatic carbocycles. The van der Waals surface area contributed by atoms with Crippen LogP contribution in [-0.4, -0.2) is 5.11 Å². The van der Waals surface area contributed by atoms with Gasteiger partial charge in [-0.15, -0.1) is 0 Å². The van der Waals surface area contributed by atoms with Crippen molar-refractivity contribution in [2.75, 3.05) is 0 Å². The Morgan fingerprint density at radius 1 is 1.15 bits per heavy atom. The Hall–Kier alpha value is -0.820. The van der Waals surface area contributed by atoms with E-state index >= 15 is 0 Å². The molecule has 1 nitrogen and oxygen atoms in total. The normalized spacial score (nSPS) is 42.1. The van der Waals surface area contributed by atoms with Gasteiger partial charge in [0.15, 0.2) is 0 Å². The first-order valence-electron chi connectivity index (χ1n) is 8.54. The lowest BCUT2D eigenvalue weighted by molar-refractivity contribution is -0.0512. The Bertz CT molecular complexity index is 491. The van der Waals surface area contributed by atoms with Gasteiger partial charge in [-0.1, -0.05) is 44.0 Å². The van der Waals surface area contributed by atoms with Crippen LogP contribution in [0, 0.1) is 23.7 Å². The summed E-state index contributed by atoms with van der Waals surface area (Å²) in [5, 5.41) is 11.3. The third kappa shape index (κ3) is 1.72. The molecule has 3 aliphatic rings. The van der Waals surface area contributed by atoms with Crippen molar-refractivity contribution in [1.82, 2.24) is 0 Å². The Labute approximate surface area is 122 Å². The van der Waals surface area contributed by atoms with Gasteiger partial charge in [0.1, 0.15) is 0 Å². The summed E-state index contributed by atoms with van der Waals surface area (Å²) in [4.78, 5) is 0. The molecule has 4 rings (SSSR count). The van der Waals surface area contributed by atoms with Crippen LogP contribution in [0.3, 0.4) is 0 Å². The van der Waals surface area contributed by atoms with Gasteiger partial charge in [0, 0.05) is 0 Å². The van der Waals surface area contributed by atoms with Crippen LogP contribution in [0.4, 0.5) is 0 Å². The van der Waals surface area contributed by atoms with E-state index in [1.807, 2.05) is 0 Å². The van der Waals surface area contributed by atoms with E-state index in [2.05, 4.69) is 31.2 Å². The molecule has 108 valence electrons. The first kappa shape index (κ1) is 12.9. The average molecular weight is 270 g/mol. The standard InChI is InChI=1S/C19H26O/c1-2-4-13-7-9-15(10-8-13)19(20)12-14-11-18(19)17-6-3-5-16(14)17/h7-10,14,16-18,20H,2-6,11-12H2,1H3. The molecule has 5 unspecified atom stereocenters. The summed E-state index contributed by atoms with van der Waals surface area (Å²) in [6.45, 7) is 2.22. The lowest BCUT2D eigenvalue weighted by Gasteiger charge is -2.39. The predicted octanol–water partition coefficient (Wildman–Crippen LogP) is 4.28. The fourth-order valence-electron chi connectivity index (χ4n) is 5.69. The molecule has 0 heterocycles. The van der Waals surface area contributed by atoms with Gasteiger partial charge in [0.05, 0.1) is 5.60 Å². The van der Waals surface area contributed by atoms with E-state index in [0.29, 0.717) is 5.92 Å². The number of benzene rings is 1. The maximum absolute atomic E-state index is 11.3. The number of aryl methyl sites for hydroxylation is 1. The van der Waals surface area contributed by atoms with Crippen molar-refractivity contribution >= 4 is 0 Å². The summed E-state index contributed by atoms with van der Waals surface area (Å²) in [6.07, 6.45) is 8.83. The SMILES string of the molecule is CCCc1ccc(C2(O)CC3CC2C2CCCC32)cc1. The van der Waals surface area contributed by atoms with Crippen LogP contribution in [0.2, 0.25) is 0 Å². The van der Waals surface area contributed by atoms with Gasteiger partial charge in [-0.25, -0.2) is 0 Å². The second-order valence-electron chi connectivity index (χ2n) is 7.44. The quantitative estimate of drug-likeness (QED) is 0.869. The van der Waals surface area contributed by atoms with Crippen molar-refractivity contribution in [3.8, 4) is 0 Å². The minimum Gasteiger partial charge on any atom is -0.385 e. The van der Waals surface area contributed by atoms with Gasteiger partial charge in [-0.3, -0.25) is 0 Å². The van der Waals surface area contributed by atoms with Crippen molar-refractivity contribution in [3.05, 3.63) is 35.4 Å². The van der Waals surface area contributed by atoms with Gasteiger partial charge in [-0.2, -0.15) is 0 Å². The number of fused-ring (bicyclic) bond motifs is 5. The number of aliphatic hydroxyl groups is 1. The Morgan fingerprint density at radius 3 is 2.65 bits per heavy atom. The highest BCUT2D eigenvalue weighted by molar-refractivity contribution is 5.31. The second kappa shape index (κ2) is 4.59. The van der Waals surface area contributed by atoms with E-state index in [9.17, 15) is 5.11 Å². The van der Waals surface area contributed by atoms with E-state index in [0.717, 1.165) is 30.6 Å². The lowest BCUT2D eigenvalue weighted by atomic mass is 9.70. The van der Waals surface area contributed by atoms with Crippen LogP contribution in [0.15, 0.2) is 24.3 Å². The summed E-state index contributed by atoms with van der Waals surface area (Å²) >= 11 is 0. The molecule has 3 fully saturated rings. The number of hydrogen-bond acceptors (Lipinski definition) is 1. The van der Waals surface area contributed by atoms with E-state index in [1.54, 1.807) is 0 Å². The smallest absolute Gasteiger partial charge is 0.0930 e. The highest BCUT2D eigenvalue weighted by atomic mass is 16.3. The molecule has 0 aliphatic heterocycles. The summed E-state index contributed by atoms with van der Waals surface area (Å²) in [7, 11) is 0. The molecule has 3 saturated carbocycles. The molecule has 0 amide bonds. The molecule has 1 heteroatoms. The molecule has 1 aromatic rings. The van der Waals surface area contributed by atoms with E-state index < -0.39 is 5.60 Å². The van der Waals surface area contributed by atoms with Gasteiger partial charge in [0.25, 0.3) is 0 Å². The predicted molar refractivity (Wildman–Crippen MR) is 81.4 cm³/mol. The van der Waals surface area contributed by atoms with Gasteiger partial charge < -0.3 is 5.11 Å². The first-order chi connectivity index (χ1) is 9.72. The van der Waals surface area contributed by atoms with Crippen LogP contribution >= 0.6 is 0 Å². The third-order valence-corrected chi connectivity index (χ3v) is 6.48. The molecule has 0 aromatic heterocycles. The molecule has 20 heavy (non-hydrogen) atoms. The summed E-state index contributed by atoms with van der Waals surface area (Å²) in [6, 6.07) is 8.87. The molecular weight excluding hydrogens is 244 g/mol. The Kier molecular flexibility index (Phi) is 2.96. The van der Waals surface area contributed by atoms with Crippen LogP contribution < -0.4 is 0 Å². The van der Waals surface area contributed by atoms with Crippen molar-refractivity contribution in [2.24, 2.45) is 23.7 Å². The molecule has 0 spiro atoms. The minimum atomic E-state index is -0.513. The Morgan fingerprint density at radius 2 is 1.90 bits per heavy atom. The maximum atomic E-state index is 11.3. The zero-order chi connectivity index (χ0) is 13.7. The van der Waals surface area contributed by atoms with Crippen LogP contribution in [0.1, 0.15) is 56.6 Å². The highest BCUT2D eigenvalue weighted by Crippen LogP contribution is 2.65. The first-order valence-corrected chi connectivity index (χ1v) is 8.54. The molecule has 1 N–H and O–H groups in total. The largest absolute Gasteiger partial charge is 0.385 e. The second-order valence-corrected chi connectivity index (χ2v) is 7.44.